The molecule has 3 heteroatoms. The van der Waals surface area contributed by atoms with Crippen molar-refractivity contribution < 1.29 is 4.74 Å². The number of nitrogens with one attached hydrogen (secondary N) is 1. The van der Waals surface area contributed by atoms with Crippen LogP contribution in [-0.2, 0) is 0 Å². The molecule has 0 spiro atoms. The molecule has 0 bridgehead atoms. The van der Waals surface area contributed by atoms with Gasteiger partial charge in [-0.3, -0.25) is 0 Å². The minimum Gasteiger partial charge on any atom is -0.494 e. The molecule has 0 saturated carbocycles. The summed E-state index contributed by atoms with van der Waals surface area (Å²) in [5.41, 5.74) is 1.42. The van der Waals surface area contributed by atoms with E-state index >= 15 is 0 Å². The first-order valence-corrected chi connectivity index (χ1v) is 7.45. The average Bonchev–Trinajstić information content (AvgIpc) is 2.47. The Labute approximate surface area is 116 Å². The van der Waals surface area contributed by atoms with Crippen LogP contribution in [0, 0.1) is 0 Å². The van der Waals surface area contributed by atoms with Gasteiger partial charge in [0.05, 0.1) is 6.61 Å². The summed E-state index contributed by atoms with van der Waals surface area (Å²) in [5.74, 6) is 1.59. The van der Waals surface area contributed by atoms with E-state index in [2.05, 4.69) is 41.4 Å². The van der Waals surface area contributed by atoms with Crippen molar-refractivity contribution in [1.29, 1.82) is 0 Å². The smallest absolute Gasteiger partial charge is 0.119 e. The molecule has 0 aliphatic carbocycles. The molecule has 1 heterocycles. The van der Waals surface area contributed by atoms with Gasteiger partial charge in [0.2, 0.25) is 0 Å². The Morgan fingerprint density at radius 1 is 1.21 bits per heavy atom. The molecule has 1 saturated heterocycles. The van der Waals surface area contributed by atoms with Gasteiger partial charge in [-0.15, -0.1) is 0 Å². The van der Waals surface area contributed by atoms with Gasteiger partial charge in [-0.1, -0.05) is 19.1 Å². The summed E-state index contributed by atoms with van der Waals surface area (Å²) in [4.78, 5) is 2.56. The van der Waals surface area contributed by atoms with Crippen LogP contribution in [0.3, 0.4) is 0 Å². The maximum atomic E-state index is 5.48. The van der Waals surface area contributed by atoms with Gasteiger partial charge in [0.15, 0.2) is 0 Å². The summed E-state index contributed by atoms with van der Waals surface area (Å²) >= 11 is 0. The largest absolute Gasteiger partial charge is 0.494 e. The van der Waals surface area contributed by atoms with E-state index in [1.54, 1.807) is 0 Å². The summed E-state index contributed by atoms with van der Waals surface area (Å²) in [5, 5.41) is 3.40. The molecule has 1 aliphatic heterocycles. The lowest BCUT2D eigenvalue weighted by Crippen LogP contribution is -2.43. The van der Waals surface area contributed by atoms with E-state index in [1.165, 1.54) is 31.6 Å². The van der Waals surface area contributed by atoms with Crippen LogP contribution in [0.1, 0.15) is 31.7 Å². The predicted molar refractivity (Wildman–Crippen MR) is 80.0 cm³/mol. The molecule has 0 aromatic heterocycles. The summed E-state index contributed by atoms with van der Waals surface area (Å²) in [6, 6.07) is 8.57. The molecule has 3 nitrogen and oxygen atoms in total. The van der Waals surface area contributed by atoms with Crippen molar-refractivity contribution in [3.63, 3.8) is 0 Å². The summed E-state index contributed by atoms with van der Waals surface area (Å²) in [7, 11) is 0. The molecule has 1 unspecified atom stereocenters. The van der Waals surface area contributed by atoms with Crippen molar-refractivity contribution >= 4 is 0 Å². The van der Waals surface area contributed by atoms with Crippen LogP contribution in [-0.4, -0.2) is 44.2 Å². The quantitative estimate of drug-likeness (QED) is 0.852. The molecule has 1 aromatic rings. The number of hydrogen-bond donors (Lipinski definition) is 1. The monoisotopic (exact) mass is 262 g/mol. The number of hydrogen-bond acceptors (Lipinski definition) is 3. The van der Waals surface area contributed by atoms with Gasteiger partial charge >= 0.3 is 0 Å². The number of benzene rings is 1. The van der Waals surface area contributed by atoms with E-state index in [9.17, 15) is 0 Å². The highest BCUT2D eigenvalue weighted by Crippen LogP contribution is 2.22. The van der Waals surface area contributed by atoms with Gasteiger partial charge in [-0.2, -0.15) is 0 Å². The molecule has 106 valence electrons. The Balaban J connectivity index is 1.79. The van der Waals surface area contributed by atoms with Crippen molar-refractivity contribution in [2.24, 2.45) is 0 Å². The molecule has 0 amide bonds. The van der Waals surface area contributed by atoms with Crippen molar-refractivity contribution in [2.75, 3.05) is 39.3 Å². The molecule has 19 heavy (non-hydrogen) atoms. The maximum absolute atomic E-state index is 5.48. The second-order valence-electron chi connectivity index (χ2n) is 5.28. The van der Waals surface area contributed by atoms with Crippen molar-refractivity contribution in [1.82, 2.24) is 10.2 Å². The lowest BCUT2D eigenvalue weighted by atomic mass is 9.97. The molecule has 1 fully saturated rings. The first kappa shape index (κ1) is 14.4. The fourth-order valence-corrected chi connectivity index (χ4v) is 2.54. The van der Waals surface area contributed by atoms with E-state index < -0.39 is 0 Å². The summed E-state index contributed by atoms with van der Waals surface area (Å²) in [6.45, 7) is 10.9. The lowest BCUT2D eigenvalue weighted by Gasteiger charge is -2.28. The third kappa shape index (κ3) is 4.51. The van der Waals surface area contributed by atoms with Crippen molar-refractivity contribution in [3.8, 4) is 5.75 Å². The van der Waals surface area contributed by atoms with Gasteiger partial charge in [-0.25, -0.2) is 0 Å². The van der Waals surface area contributed by atoms with E-state index in [1.807, 2.05) is 6.92 Å². The normalized spacial score (nSPS) is 18.2. The van der Waals surface area contributed by atoms with Gasteiger partial charge in [0.25, 0.3) is 0 Å². The number of ether oxygens (including phenoxy) is 1. The number of nitrogens with zero attached hydrogens (tertiary/aromatic N) is 1. The van der Waals surface area contributed by atoms with Crippen LogP contribution < -0.4 is 10.1 Å². The summed E-state index contributed by atoms with van der Waals surface area (Å²) in [6.07, 6.45) is 1.23. The minimum atomic E-state index is 0.616. The molecule has 0 radical (unpaired) electrons. The topological polar surface area (TPSA) is 24.5 Å². The van der Waals surface area contributed by atoms with Gasteiger partial charge in [0.1, 0.15) is 5.75 Å². The fraction of sp³-hybridized carbons (Fsp3) is 0.625. The fourth-order valence-electron chi connectivity index (χ4n) is 2.54. The number of piperazine rings is 1. The molecule has 2 rings (SSSR count). The summed E-state index contributed by atoms with van der Waals surface area (Å²) < 4.78 is 5.48. The van der Waals surface area contributed by atoms with Gasteiger partial charge in [-0.05, 0) is 43.5 Å². The lowest BCUT2D eigenvalue weighted by molar-refractivity contribution is 0.234. The molecule has 1 N–H and O–H groups in total. The third-order valence-corrected chi connectivity index (χ3v) is 3.85. The Hall–Kier alpha value is -1.06. The molecular formula is C16H26N2O. The second-order valence-corrected chi connectivity index (χ2v) is 5.28. The SMILES string of the molecule is CCOc1ccc(C(C)CCN2CCNCC2)cc1. The average molecular weight is 262 g/mol. The predicted octanol–water partition coefficient (Wildman–Crippen LogP) is 2.48. The molecule has 1 aliphatic rings. The zero-order chi connectivity index (χ0) is 13.5. The molecular weight excluding hydrogens is 236 g/mol. The highest BCUT2D eigenvalue weighted by atomic mass is 16.5. The van der Waals surface area contributed by atoms with Crippen LogP contribution in [0.15, 0.2) is 24.3 Å². The van der Waals surface area contributed by atoms with Crippen LogP contribution in [0.25, 0.3) is 0 Å². The van der Waals surface area contributed by atoms with E-state index in [4.69, 9.17) is 4.74 Å². The highest BCUT2D eigenvalue weighted by molar-refractivity contribution is 5.29. The zero-order valence-corrected chi connectivity index (χ0v) is 12.2. The number of rotatable bonds is 6. The minimum absolute atomic E-state index is 0.616. The standard InChI is InChI=1S/C16H26N2O/c1-3-19-16-6-4-15(5-7-16)14(2)8-11-18-12-9-17-10-13-18/h4-7,14,17H,3,8-13H2,1-2H3. The third-order valence-electron chi connectivity index (χ3n) is 3.85. The van der Waals surface area contributed by atoms with Crippen LogP contribution in [0.5, 0.6) is 5.75 Å². The van der Waals surface area contributed by atoms with Gasteiger partial charge < -0.3 is 15.0 Å². The Kier molecular flexibility index (Phi) is 5.67. The van der Waals surface area contributed by atoms with Crippen LogP contribution >= 0.6 is 0 Å². The van der Waals surface area contributed by atoms with E-state index in [0.717, 1.165) is 25.4 Å². The van der Waals surface area contributed by atoms with Crippen LogP contribution in [0.2, 0.25) is 0 Å². The molecule has 1 aromatic carbocycles. The van der Waals surface area contributed by atoms with Gasteiger partial charge in [0, 0.05) is 26.2 Å². The van der Waals surface area contributed by atoms with E-state index in [0.29, 0.717) is 5.92 Å². The highest BCUT2D eigenvalue weighted by Gasteiger charge is 2.12. The Morgan fingerprint density at radius 2 is 1.89 bits per heavy atom. The van der Waals surface area contributed by atoms with Crippen molar-refractivity contribution in [3.05, 3.63) is 29.8 Å². The maximum Gasteiger partial charge on any atom is 0.119 e. The first-order valence-electron chi connectivity index (χ1n) is 7.45. The van der Waals surface area contributed by atoms with E-state index in [-0.39, 0.29) is 0 Å². The zero-order valence-electron chi connectivity index (χ0n) is 12.2. The van der Waals surface area contributed by atoms with Crippen molar-refractivity contribution in [2.45, 2.75) is 26.2 Å². The second kappa shape index (κ2) is 7.51. The Morgan fingerprint density at radius 3 is 2.53 bits per heavy atom. The molecule has 1 atom stereocenters. The first-order chi connectivity index (χ1) is 9.29. The van der Waals surface area contributed by atoms with Crippen LogP contribution in [0.4, 0.5) is 0 Å². The Bertz CT molecular complexity index is 358.